The molecule has 28 heavy (non-hydrogen) atoms. The summed E-state index contributed by atoms with van der Waals surface area (Å²) in [6.07, 6.45) is -1.72. The third kappa shape index (κ3) is 4.86. The zero-order valence-corrected chi connectivity index (χ0v) is 16.0. The summed E-state index contributed by atoms with van der Waals surface area (Å²) in [5.74, 6) is 0.705. The number of rotatable bonds is 7. The Hall–Kier alpha value is -2.50. The lowest BCUT2D eigenvalue weighted by atomic mass is 10.0. The molecule has 2 aromatic carbocycles. The molecule has 1 fully saturated rings. The van der Waals surface area contributed by atoms with Crippen LogP contribution in [0.25, 0.3) is 0 Å². The minimum atomic E-state index is -4.39. The molecule has 0 heterocycles. The van der Waals surface area contributed by atoms with Crippen molar-refractivity contribution in [1.29, 1.82) is 0 Å². The van der Waals surface area contributed by atoms with Crippen molar-refractivity contribution in [3.8, 4) is 5.75 Å². The first kappa shape index (κ1) is 20.2. The molecule has 3 rings (SSSR count). The lowest BCUT2D eigenvalue weighted by molar-refractivity contribution is -0.137. The number of methoxy groups -OCH3 is 1. The van der Waals surface area contributed by atoms with Gasteiger partial charge in [0.25, 0.3) is 0 Å². The van der Waals surface area contributed by atoms with Crippen molar-refractivity contribution in [2.75, 3.05) is 7.11 Å². The molecule has 3 nitrogen and oxygen atoms in total. The van der Waals surface area contributed by atoms with Gasteiger partial charge in [-0.3, -0.25) is 4.79 Å². The number of carbonyl (C=O) groups is 1. The predicted molar refractivity (Wildman–Crippen MR) is 101 cm³/mol. The van der Waals surface area contributed by atoms with Crippen molar-refractivity contribution in [3.63, 3.8) is 0 Å². The number of nitrogens with zero attached hydrogens (tertiary/aromatic N) is 1. The zero-order chi connectivity index (χ0) is 20.3. The molecule has 0 radical (unpaired) electrons. The highest BCUT2D eigenvalue weighted by atomic mass is 19.4. The monoisotopic (exact) mass is 391 g/mol. The second-order valence-electron chi connectivity index (χ2n) is 7.18. The van der Waals surface area contributed by atoms with Gasteiger partial charge in [-0.2, -0.15) is 13.2 Å². The Morgan fingerprint density at radius 3 is 2.54 bits per heavy atom. The fraction of sp³-hybridized carbons (Fsp3) is 0.409. The van der Waals surface area contributed by atoms with Gasteiger partial charge in [0.1, 0.15) is 5.75 Å². The van der Waals surface area contributed by atoms with Crippen LogP contribution in [0.5, 0.6) is 5.75 Å². The molecule has 1 aliphatic rings. The summed E-state index contributed by atoms with van der Waals surface area (Å²) >= 11 is 0. The molecule has 0 bridgehead atoms. The summed E-state index contributed by atoms with van der Waals surface area (Å²) in [4.78, 5) is 14.7. The summed E-state index contributed by atoms with van der Waals surface area (Å²) in [5, 5.41) is 0. The normalized spacial score (nSPS) is 15.2. The Balaban J connectivity index is 1.73. The summed E-state index contributed by atoms with van der Waals surface area (Å²) in [6, 6.07) is 12.5. The van der Waals surface area contributed by atoms with Crippen molar-refractivity contribution >= 4 is 5.91 Å². The van der Waals surface area contributed by atoms with Gasteiger partial charge in [0.05, 0.1) is 18.7 Å². The molecular formula is C22H24F3NO2. The number of carbonyl (C=O) groups excluding carboxylic acids is 1. The Bertz CT molecular complexity index is 831. The Kier molecular flexibility index (Phi) is 5.96. The highest BCUT2D eigenvalue weighted by Crippen LogP contribution is 2.37. The molecule has 1 aliphatic carbocycles. The van der Waals surface area contributed by atoms with Gasteiger partial charge >= 0.3 is 6.18 Å². The Labute approximate surface area is 163 Å². The lowest BCUT2D eigenvalue weighted by Crippen LogP contribution is -2.35. The van der Waals surface area contributed by atoms with Gasteiger partial charge in [0.2, 0.25) is 5.91 Å². The molecular weight excluding hydrogens is 367 g/mol. The standard InChI is InChI=1S/C22H24F3NO2/c1-15(17-6-4-7-18(14-17)22(23,24)25)26(19-10-11-19)21(27)12-9-16-5-3-8-20(13-16)28-2/h3-8,13-15,19H,9-12H2,1-2H3. The number of aryl methyl sites for hydroxylation is 1. The minimum absolute atomic E-state index is 0.0322. The number of ether oxygens (including phenoxy) is 1. The van der Waals surface area contributed by atoms with Gasteiger partial charge in [-0.25, -0.2) is 0 Å². The maximum absolute atomic E-state index is 13.0. The van der Waals surface area contributed by atoms with Gasteiger partial charge in [-0.15, -0.1) is 0 Å². The van der Waals surface area contributed by atoms with E-state index in [1.165, 1.54) is 6.07 Å². The van der Waals surface area contributed by atoms with Crippen molar-refractivity contribution in [1.82, 2.24) is 4.90 Å². The number of benzene rings is 2. The third-order valence-corrected chi connectivity index (χ3v) is 5.10. The average Bonchev–Trinajstić information content (AvgIpc) is 3.51. The highest BCUT2D eigenvalue weighted by Gasteiger charge is 2.37. The molecule has 1 saturated carbocycles. The maximum Gasteiger partial charge on any atom is 0.416 e. The van der Waals surface area contributed by atoms with Gasteiger partial charge in [-0.1, -0.05) is 24.3 Å². The molecule has 6 heteroatoms. The maximum atomic E-state index is 13.0. The molecule has 0 saturated heterocycles. The van der Waals surface area contributed by atoms with E-state index >= 15 is 0 Å². The van der Waals surface area contributed by atoms with Crippen molar-refractivity contribution in [2.45, 2.75) is 50.9 Å². The Morgan fingerprint density at radius 1 is 1.18 bits per heavy atom. The smallest absolute Gasteiger partial charge is 0.416 e. The van der Waals surface area contributed by atoms with Crippen molar-refractivity contribution < 1.29 is 22.7 Å². The van der Waals surface area contributed by atoms with Crippen LogP contribution in [0.4, 0.5) is 13.2 Å². The average molecular weight is 391 g/mol. The first-order valence-corrected chi connectivity index (χ1v) is 9.41. The molecule has 1 atom stereocenters. The molecule has 1 amide bonds. The second-order valence-corrected chi connectivity index (χ2v) is 7.18. The van der Waals surface area contributed by atoms with E-state index in [2.05, 4.69) is 0 Å². The van der Waals surface area contributed by atoms with Crippen LogP contribution in [0.15, 0.2) is 48.5 Å². The van der Waals surface area contributed by atoms with E-state index in [9.17, 15) is 18.0 Å². The number of hydrogen-bond acceptors (Lipinski definition) is 2. The van der Waals surface area contributed by atoms with E-state index in [0.29, 0.717) is 18.4 Å². The Morgan fingerprint density at radius 2 is 1.89 bits per heavy atom. The van der Waals surface area contributed by atoms with Crippen LogP contribution in [0.2, 0.25) is 0 Å². The molecule has 150 valence electrons. The van der Waals surface area contributed by atoms with E-state index in [0.717, 1.165) is 36.3 Å². The first-order valence-electron chi connectivity index (χ1n) is 9.41. The van der Waals surface area contributed by atoms with Crippen LogP contribution in [0.3, 0.4) is 0 Å². The van der Waals surface area contributed by atoms with Gasteiger partial charge in [-0.05, 0) is 61.6 Å². The molecule has 0 aromatic heterocycles. The molecule has 0 aliphatic heterocycles. The van der Waals surface area contributed by atoms with E-state index in [1.807, 2.05) is 24.3 Å². The quantitative estimate of drug-likeness (QED) is 0.633. The molecule has 2 aromatic rings. The topological polar surface area (TPSA) is 29.5 Å². The second kappa shape index (κ2) is 8.25. The van der Waals surface area contributed by atoms with E-state index < -0.39 is 17.8 Å². The number of hydrogen-bond donors (Lipinski definition) is 0. The fourth-order valence-corrected chi connectivity index (χ4v) is 3.43. The third-order valence-electron chi connectivity index (χ3n) is 5.10. The first-order chi connectivity index (χ1) is 13.3. The highest BCUT2D eigenvalue weighted by molar-refractivity contribution is 5.77. The summed E-state index contributed by atoms with van der Waals surface area (Å²) in [5.41, 5.74) is 0.822. The number of amides is 1. The molecule has 1 unspecified atom stereocenters. The fourth-order valence-electron chi connectivity index (χ4n) is 3.43. The minimum Gasteiger partial charge on any atom is -0.497 e. The van der Waals surface area contributed by atoms with Gasteiger partial charge in [0.15, 0.2) is 0 Å². The lowest BCUT2D eigenvalue weighted by Gasteiger charge is -2.30. The zero-order valence-electron chi connectivity index (χ0n) is 16.0. The van der Waals surface area contributed by atoms with E-state index in [-0.39, 0.29) is 11.9 Å². The van der Waals surface area contributed by atoms with Crippen LogP contribution in [-0.2, 0) is 17.4 Å². The van der Waals surface area contributed by atoms with Crippen LogP contribution in [0, 0.1) is 0 Å². The van der Waals surface area contributed by atoms with Crippen LogP contribution >= 0.6 is 0 Å². The predicted octanol–water partition coefficient (Wildman–Crippen LogP) is 5.40. The van der Waals surface area contributed by atoms with E-state index in [1.54, 1.807) is 25.0 Å². The van der Waals surface area contributed by atoms with Crippen molar-refractivity contribution in [2.24, 2.45) is 0 Å². The van der Waals surface area contributed by atoms with E-state index in [4.69, 9.17) is 4.74 Å². The van der Waals surface area contributed by atoms with Crippen LogP contribution in [-0.4, -0.2) is 24.0 Å². The van der Waals surface area contributed by atoms with Crippen LogP contribution < -0.4 is 4.74 Å². The molecule has 0 N–H and O–H groups in total. The largest absolute Gasteiger partial charge is 0.497 e. The summed E-state index contributed by atoms with van der Waals surface area (Å²) < 4.78 is 44.3. The van der Waals surface area contributed by atoms with Crippen LogP contribution in [0.1, 0.15) is 48.9 Å². The van der Waals surface area contributed by atoms with Crippen molar-refractivity contribution in [3.05, 3.63) is 65.2 Å². The number of alkyl halides is 3. The number of halogens is 3. The SMILES string of the molecule is COc1cccc(CCC(=O)N(C2CC2)C(C)c2cccc(C(F)(F)F)c2)c1. The van der Waals surface area contributed by atoms with Gasteiger partial charge in [0, 0.05) is 12.5 Å². The molecule has 0 spiro atoms. The summed E-state index contributed by atoms with van der Waals surface area (Å²) in [6.45, 7) is 1.80. The van der Waals surface area contributed by atoms with Gasteiger partial charge < -0.3 is 9.64 Å². The summed E-state index contributed by atoms with van der Waals surface area (Å²) in [7, 11) is 1.59.